The van der Waals surface area contributed by atoms with E-state index in [4.69, 9.17) is 11.6 Å². The molecule has 0 unspecified atom stereocenters. The molecule has 0 aromatic carbocycles. The van der Waals surface area contributed by atoms with Gasteiger partial charge in [-0.25, -0.2) is 19.9 Å². The minimum absolute atomic E-state index is 0.00236. The monoisotopic (exact) mass is 299 g/mol. The van der Waals surface area contributed by atoms with Crippen molar-refractivity contribution in [3.63, 3.8) is 0 Å². The summed E-state index contributed by atoms with van der Waals surface area (Å²) in [6.45, 7) is 0. The van der Waals surface area contributed by atoms with Gasteiger partial charge in [0.1, 0.15) is 0 Å². The first-order chi connectivity index (χ1) is 9.45. The third-order valence-corrected chi connectivity index (χ3v) is 2.76. The van der Waals surface area contributed by atoms with Gasteiger partial charge in [0.15, 0.2) is 11.3 Å². The molecule has 3 aromatic rings. The average molecular weight is 300 g/mol. The summed E-state index contributed by atoms with van der Waals surface area (Å²) in [6.07, 6.45) is 0.202. The van der Waals surface area contributed by atoms with Crippen LogP contribution in [0.15, 0.2) is 30.9 Å². The number of rotatable bonds is 1. The highest BCUT2D eigenvalue weighted by molar-refractivity contribution is 6.28. The van der Waals surface area contributed by atoms with E-state index in [9.17, 15) is 13.2 Å². The van der Waals surface area contributed by atoms with Crippen LogP contribution in [0.4, 0.5) is 13.2 Å². The molecule has 0 fully saturated rings. The smallest absolute Gasteiger partial charge is 0.295 e. The molecule has 0 spiro atoms. The Morgan fingerprint density at radius 3 is 2.60 bits per heavy atom. The number of nitrogens with zero attached hydrogens (tertiary/aromatic N) is 5. The van der Waals surface area contributed by atoms with Gasteiger partial charge < -0.3 is 0 Å². The van der Waals surface area contributed by atoms with E-state index in [-0.39, 0.29) is 10.9 Å². The lowest BCUT2D eigenvalue weighted by atomic mass is 10.3. The molecule has 0 N–H and O–H groups in total. The fourth-order valence-electron chi connectivity index (χ4n) is 1.70. The second-order valence-electron chi connectivity index (χ2n) is 3.85. The quantitative estimate of drug-likeness (QED) is 0.648. The summed E-state index contributed by atoms with van der Waals surface area (Å²) in [5, 5.41) is 0.00236. The topological polar surface area (TPSA) is 56.0 Å². The van der Waals surface area contributed by atoms with Crippen molar-refractivity contribution in [3.8, 4) is 11.4 Å². The van der Waals surface area contributed by atoms with Crippen molar-refractivity contribution >= 4 is 17.2 Å². The highest BCUT2D eigenvalue weighted by Gasteiger charge is 2.33. The predicted octanol–water partition coefficient (Wildman–Crippen LogP) is 2.86. The molecule has 0 bridgehead atoms. The maximum absolute atomic E-state index is 12.7. The summed E-state index contributed by atoms with van der Waals surface area (Å²) < 4.78 is 39.3. The van der Waals surface area contributed by atoms with Gasteiger partial charge in [-0.2, -0.15) is 13.2 Å². The van der Waals surface area contributed by atoms with Crippen molar-refractivity contribution < 1.29 is 13.2 Å². The standard InChI is InChI=1S/C11H5ClF3N5/c12-10-16-2-1-6(19-10)7-3-18-9-4-17-8(5-20(7)9)11(13,14)15/h1-5H. The van der Waals surface area contributed by atoms with Gasteiger partial charge in [0, 0.05) is 12.4 Å². The minimum Gasteiger partial charge on any atom is -0.295 e. The van der Waals surface area contributed by atoms with Gasteiger partial charge in [0.25, 0.3) is 0 Å². The number of halogens is 4. The van der Waals surface area contributed by atoms with Gasteiger partial charge in [-0.3, -0.25) is 4.40 Å². The molecule has 3 rings (SSSR count). The van der Waals surface area contributed by atoms with Crippen LogP contribution >= 0.6 is 11.6 Å². The Morgan fingerprint density at radius 2 is 1.90 bits per heavy atom. The average Bonchev–Trinajstić information content (AvgIpc) is 2.80. The number of imidazole rings is 1. The molecule has 0 aliphatic rings. The number of aromatic nitrogens is 5. The zero-order valence-electron chi connectivity index (χ0n) is 9.63. The summed E-state index contributed by atoms with van der Waals surface area (Å²) in [4.78, 5) is 15.0. The molecule has 0 amide bonds. The van der Waals surface area contributed by atoms with Gasteiger partial charge in [-0.1, -0.05) is 0 Å². The first-order valence-corrected chi connectivity index (χ1v) is 5.72. The van der Waals surface area contributed by atoms with Crippen molar-refractivity contribution in [2.45, 2.75) is 6.18 Å². The third-order valence-electron chi connectivity index (χ3n) is 2.58. The summed E-state index contributed by atoms with van der Waals surface area (Å²) in [5.74, 6) is 0. The largest absolute Gasteiger partial charge is 0.434 e. The number of alkyl halides is 3. The molecule has 5 nitrogen and oxygen atoms in total. The molecule has 0 saturated carbocycles. The fraction of sp³-hybridized carbons (Fsp3) is 0.0909. The van der Waals surface area contributed by atoms with Crippen molar-refractivity contribution in [1.29, 1.82) is 0 Å². The molecule has 0 radical (unpaired) electrons. The fourth-order valence-corrected chi connectivity index (χ4v) is 1.85. The van der Waals surface area contributed by atoms with Gasteiger partial charge >= 0.3 is 6.18 Å². The Bertz CT molecular complexity index is 783. The highest BCUT2D eigenvalue weighted by Crippen LogP contribution is 2.28. The zero-order valence-corrected chi connectivity index (χ0v) is 10.4. The number of fused-ring (bicyclic) bond motifs is 1. The summed E-state index contributed by atoms with van der Waals surface area (Å²) in [5.41, 5.74) is 0.0150. The summed E-state index contributed by atoms with van der Waals surface area (Å²) in [6, 6.07) is 1.53. The Morgan fingerprint density at radius 1 is 1.10 bits per heavy atom. The highest BCUT2D eigenvalue weighted by atomic mass is 35.5. The van der Waals surface area contributed by atoms with E-state index >= 15 is 0 Å². The molecule has 3 aromatic heterocycles. The number of hydrogen-bond donors (Lipinski definition) is 0. The molecule has 0 aliphatic carbocycles. The molecule has 0 aliphatic heterocycles. The van der Waals surface area contributed by atoms with Crippen LogP contribution in [0.3, 0.4) is 0 Å². The Kier molecular flexibility index (Phi) is 2.82. The van der Waals surface area contributed by atoms with Crippen LogP contribution in [0.25, 0.3) is 17.0 Å². The predicted molar refractivity (Wildman–Crippen MR) is 64.0 cm³/mol. The van der Waals surface area contributed by atoms with Crippen LogP contribution in [0, 0.1) is 0 Å². The second kappa shape index (κ2) is 4.41. The van der Waals surface area contributed by atoms with E-state index < -0.39 is 11.9 Å². The first-order valence-electron chi connectivity index (χ1n) is 5.34. The van der Waals surface area contributed by atoms with Gasteiger partial charge in [0.2, 0.25) is 5.28 Å². The molecule has 9 heteroatoms. The SMILES string of the molecule is FC(F)(F)c1cn2c(-c3ccnc(Cl)n3)cnc2cn1. The lowest BCUT2D eigenvalue weighted by molar-refractivity contribution is -0.141. The molecule has 3 heterocycles. The zero-order chi connectivity index (χ0) is 14.3. The molecular weight excluding hydrogens is 295 g/mol. The lowest BCUT2D eigenvalue weighted by Gasteiger charge is -2.07. The summed E-state index contributed by atoms with van der Waals surface area (Å²) >= 11 is 5.67. The third kappa shape index (κ3) is 2.18. The molecule has 20 heavy (non-hydrogen) atoms. The summed E-state index contributed by atoms with van der Waals surface area (Å²) in [7, 11) is 0. The van der Waals surface area contributed by atoms with E-state index in [2.05, 4.69) is 19.9 Å². The van der Waals surface area contributed by atoms with Crippen LogP contribution in [0.1, 0.15) is 5.69 Å². The van der Waals surface area contributed by atoms with Crippen LogP contribution in [0.5, 0.6) is 0 Å². The Balaban J connectivity index is 2.22. The minimum atomic E-state index is -4.53. The van der Waals surface area contributed by atoms with E-state index in [1.165, 1.54) is 22.9 Å². The van der Waals surface area contributed by atoms with Crippen LogP contribution in [-0.4, -0.2) is 24.3 Å². The van der Waals surface area contributed by atoms with Crippen LogP contribution in [0.2, 0.25) is 5.28 Å². The Labute approximate surface area is 115 Å². The van der Waals surface area contributed by atoms with E-state index in [0.717, 1.165) is 12.4 Å². The van der Waals surface area contributed by atoms with Crippen LogP contribution < -0.4 is 0 Å². The van der Waals surface area contributed by atoms with Crippen molar-refractivity contribution in [3.05, 3.63) is 41.8 Å². The first kappa shape index (κ1) is 12.8. The van der Waals surface area contributed by atoms with Gasteiger partial charge in [-0.05, 0) is 17.7 Å². The number of hydrogen-bond acceptors (Lipinski definition) is 4. The van der Waals surface area contributed by atoms with E-state index in [0.29, 0.717) is 11.4 Å². The maximum atomic E-state index is 12.7. The molecular formula is C11H5ClF3N5. The Hall–Kier alpha value is -2.22. The van der Waals surface area contributed by atoms with Crippen LogP contribution in [-0.2, 0) is 6.18 Å². The van der Waals surface area contributed by atoms with Crippen molar-refractivity contribution in [2.24, 2.45) is 0 Å². The maximum Gasteiger partial charge on any atom is 0.434 e. The molecule has 102 valence electrons. The molecule has 0 saturated heterocycles. The lowest BCUT2D eigenvalue weighted by Crippen LogP contribution is -2.09. The van der Waals surface area contributed by atoms with Gasteiger partial charge in [0.05, 0.1) is 23.8 Å². The normalized spacial score (nSPS) is 12.0. The van der Waals surface area contributed by atoms with Crippen molar-refractivity contribution in [2.75, 3.05) is 0 Å². The van der Waals surface area contributed by atoms with E-state index in [1.54, 1.807) is 0 Å². The van der Waals surface area contributed by atoms with E-state index in [1.807, 2.05) is 0 Å². The van der Waals surface area contributed by atoms with Gasteiger partial charge in [-0.15, -0.1) is 0 Å². The second-order valence-corrected chi connectivity index (χ2v) is 4.19. The molecule has 0 atom stereocenters. The van der Waals surface area contributed by atoms with Crippen molar-refractivity contribution in [1.82, 2.24) is 24.3 Å².